The van der Waals surface area contributed by atoms with Crippen molar-refractivity contribution in [3.8, 4) is 5.69 Å². The molecule has 4 rings (SSSR count). The topological polar surface area (TPSA) is 67.2 Å². The molecule has 0 aliphatic heterocycles. The number of para-hydroxylation sites is 1. The van der Waals surface area contributed by atoms with Crippen molar-refractivity contribution in [2.24, 2.45) is 0 Å². The van der Waals surface area contributed by atoms with Gasteiger partial charge in [0, 0.05) is 17.3 Å². The van der Waals surface area contributed by atoms with Crippen LogP contribution in [0, 0.1) is 6.92 Å². The molecule has 0 fully saturated rings. The van der Waals surface area contributed by atoms with Gasteiger partial charge in [0.15, 0.2) is 0 Å². The first kappa shape index (κ1) is 27.4. The number of hydrogen-bond donors (Lipinski definition) is 1. The summed E-state index contributed by atoms with van der Waals surface area (Å²) >= 11 is 6.17. The minimum absolute atomic E-state index is 0.144. The van der Waals surface area contributed by atoms with Gasteiger partial charge in [-0.25, -0.2) is 9.78 Å². The van der Waals surface area contributed by atoms with E-state index in [0.717, 1.165) is 36.9 Å². The first-order valence-corrected chi connectivity index (χ1v) is 13.7. The van der Waals surface area contributed by atoms with Crippen molar-refractivity contribution in [2.45, 2.75) is 58.9 Å². The highest BCUT2D eigenvalue weighted by Gasteiger charge is 2.29. The maximum absolute atomic E-state index is 13.9. The Morgan fingerprint density at radius 2 is 1.76 bits per heavy atom. The van der Waals surface area contributed by atoms with Crippen molar-refractivity contribution in [2.75, 3.05) is 11.9 Å². The Morgan fingerprint density at radius 1 is 1.00 bits per heavy atom. The summed E-state index contributed by atoms with van der Waals surface area (Å²) in [6.07, 6.45) is 4.67. The van der Waals surface area contributed by atoms with E-state index in [9.17, 15) is 9.59 Å². The molecule has 1 N–H and O–H groups in total. The minimum atomic E-state index is -0.422. The normalized spacial score (nSPS) is 11.9. The van der Waals surface area contributed by atoms with Crippen molar-refractivity contribution < 1.29 is 4.79 Å². The quantitative estimate of drug-likeness (QED) is 0.212. The lowest BCUT2D eigenvalue weighted by molar-refractivity contribution is 0.179. The summed E-state index contributed by atoms with van der Waals surface area (Å²) in [5, 5.41) is 4.11. The molecular formula is C31H35ClN4O2. The molecule has 3 aromatic carbocycles. The largest absolute Gasteiger partial charge is 0.322 e. The zero-order chi connectivity index (χ0) is 27.1. The number of aryl methyl sites for hydroxylation is 1. The molecular weight excluding hydrogens is 496 g/mol. The predicted molar refractivity (Wildman–Crippen MR) is 156 cm³/mol. The van der Waals surface area contributed by atoms with E-state index in [1.165, 1.54) is 0 Å². The molecule has 0 saturated carbocycles. The van der Waals surface area contributed by atoms with Gasteiger partial charge in [-0.3, -0.25) is 9.36 Å². The first-order chi connectivity index (χ1) is 18.4. The van der Waals surface area contributed by atoms with Crippen LogP contribution in [0.2, 0.25) is 5.02 Å². The third-order valence-electron chi connectivity index (χ3n) is 6.74. The number of fused-ring (bicyclic) bond motifs is 1. The number of amides is 2. The molecule has 1 atom stereocenters. The molecule has 198 valence electrons. The van der Waals surface area contributed by atoms with Crippen LogP contribution in [-0.4, -0.2) is 27.0 Å². The highest BCUT2D eigenvalue weighted by atomic mass is 35.5. The summed E-state index contributed by atoms with van der Waals surface area (Å²) in [7, 11) is 0. The van der Waals surface area contributed by atoms with E-state index in [1.54, 1.807) is 28.8 Å². The van der Waals surface area contributed by atoms with E-state index in [-0.39, 0.29) is 11.6 Å². The molecule has 7 heteroatoms. The molecule has 0 aliphatic rings. The smallest absolute Gasteiger partial charge is 0.314 e. The molecule has 0 spiro atoms. The van der Waals surface area contributed by atoms with Crippen LogP contribution in [0.1, 0.15) is 63.4 Å². The van der Waals surface area contributed by atoms with Gasteiger partial charge < -0.3 is 10.2 Å². The first-order valence-electron chi connectivity index (χ1n) is 13.3. The lowest BCUT2D eigenvalue weighted by atomic mass is 10.1. The lowest BCUT2D eigenvalue weighted by Crippen LogP contribution is -2.41. The number of unbranched alkanes of at least 4 members (excludes halogenated alkanes) is 3. The van der Waals surface area contributed by atoms with Crippen LogP contribution < -0.4 is 10.9 Å². The molecule has 1 unspecified atom stereocenters. The number of carbonyl (C=O) groups excluding carboxylic acids is 1. The van der Waals surface area contributed by atoms with Gasteiger partial charge in [0.05, 0.1) is 22.6 Å². The van der Waals surface area contributed by atoms with Crippen LogP contribution in [-0.2, 0) is 0 Å². The van der Waals surface area contributed by atoms with Gasteiger partial charge in [-0.1, -0.05) is 80.6 Å². The Morgan fingerprint density at radius 3 is 2.47 bits per heavy atom. The molecule has 0 saturated heterocycles. The standard InChI is InChI=1S/C31H35ClN4O2/c1-4-6-7-10-20-35(31(38)33-24-13-11-12-23(32)21-24)28(5-2)29-34-27-15-9-8-14-26(27)30(37)36(29)25-18-16-22(3)17-19-25/h8-9,11-19,21,28H,4-7,10,20H2,1-3H3,(H,33,38). The maximum Gasteiger partial charge on any atom is 0.322 e. The van der Waals surface area contributed by atoms with E-state index in [4.69, 9.17) is 16.6 Å². The molecule has 1 heterocycles. The van der Waals surface area contributed by atoms with Crippen LogP contribution in [0.15, 0.2) is 77.6 Å². The number of carbonyl (C=O) groups is 1. The number of anilines is 1. The second-order valence-corrected chi connectivity index (χ2v) is 10.0. The summed E-state index contributed by atoms with van der Waals surface area (Å²) in [6, 6.07) is 21.7. The zero-order valence-corrected chi connectivity index (χ0v) is 23.0. The number of benzene rings is 3. The zero-order valence-electron chi connectivity index (χ0n) is 22.3. The number of halogens is 1. The molecule has 0 radical (unpaired) electrons. The van der Waals surface area contributed by atoms with E-state index in [2.05, 4.69) is 12.2 Å². The highest BCUT2D eigenvalue weighted by molar-refractivity contribution is 6.30. The van der Waals surface area contributed by atoms with E-state index in [1.807, 2.05) is 67.3 Å². The van der Waals surface area contributed by atoms with E-state index < -0.39 is 6.04 Å². The fraction of sp³-hybridized carbons (Fsp3) is 0.323. The fourth-order valence-corrected chi connectivity index (χ4v) is 4.92. The molecule has 0 bridgehead atoms. The van der Waals surface area contributed by atoms with Crippen LogP contribution in [0.25, 0.3) is 16.6 Å². The summed E-state index contributed by atoms with van der Waals surface area (Å²) in [5.41, 5.74) is 2.93. The molecule has 1 aromatic heterocycles. The van der Waals surface area contributed by atoms with Crippen molar-refractivity contribution >= 4 is 34.2 Å². The molecule has 6 nitrogen and oxygen atoms in total. The predicted octanol–water partition coefficient (Wildman–Crippen LogP) is 7.91. The second-order valence-electron chi connectivity index (χ2n) is 9.58. The number of urea groups is 1. The minimum Gasteiger partial charge on any atom is -0.314 e. The molecule has 0 aliphatic carbocycles. The number of nitrogens with zero attached hydrogens (tertiary/aromatic N) is 3. The maximum atomic E-state index is 13.9. The van der Waals surface area contributed by atoms with Gasteiger partial charge in [-0.15, -0.1) is 0 Å². The Hall–Kier alpha value is -3.64. The lowest BCUT2D eigenvalue weighted by Gasteiger charge is -2.32. The third-order valence-corrected chi connectivity index (χ3v) is 6.98. The van der Waals surface area contributed by atoms with Gasteiger partial charge in [0.25, 0.3) is 5.56 Å². The van der Waals surface area contributed by atoms with Crippen LogP contribution in [0.4, 0.5) is 10.5 Å². The number of rotatable bonds is 10. The monoisotopic (exact) mass is 530 g/mol. The molecule has 4 aromatic rings. The average molecular weight is 531 g/mol. The summed E-state index contributed by atoms with van der Waals surface area (Å²) in [4.78, 5) is 34.4. The number of nitrogens with one attached hydrogen (secondary N) is 1. The van der Waals surface area contributed by atoms with Gasteiger partial charge in [0.2, 0.25) is 0 Å². The van der Waals surface area contributed by atoms with Crippen molar-refractivity contribution in [3.05, 3.63) is 99.6 Å². The van der Waals surface area contributed by atoms with E-state index >= 15 is 0 Å². The highest BCUT2D eigenvalue weighted by Crippen LogP contribution is 2.28. The Kier molecular flexibility index (Phi) is 9.19. The second kappa shape index (κ2) is 12.7. The Labute approximate surface area is 229 Å². The van der Waals surface area contributed by atoms with Crippen LogP contribution in [0.3, 0.4) is 0 Å². The summed E-state index contributed by atoms with van der Waals surface area (Å²) < 4.78 is 1.67. The van der Waals surface area contributed by atoms with E-state index in [0.29, 0.717) is 40.4 Å². The molecule has 2 amide bonds. The van der Waals surface area contributed by atoms with Crippen LogP contribution in [0.5, 0.6) is 0 Å². The fourth-order valence-electron chi connectivity index (χ4n) is 4.73. The Bertz CT molecular complexity index is 1450. The van der Waals surface area contributed by atoms with Crippen molar-refractivity contribution in [3.63, 3.8) is 0 Å². The van der Waals surface area contributed by atoms with Crippen molar-refractivity contribution in [1.82, 2.24) is 14.5 Å². The van der Waals surface area contributed by atoms with Gasteiger partial charge in [0.1, 0.15) is 5.82 Å². The summed E-state index contributed by atoms with van der Waals surface area (Å²) in [6.45, 7) is 6.75. The number of hydrogen-bond acceptors (Lipinski definition) is 3. The van der Waals surface area contributed by atoms with Crippen LogP contribution >= 0.6 is 11.6 Å². The summed E-state index contributed by atoms with van der Waals surface area (Å²) in [5.74, 6) is 0.553. The van der Waals surface area contributed by atoms with Crippen molar-refractivity contribution in [1.29, 1.82) is 0 Å². The van der Waals surface area contributed by atoms with Gasteiger partial charge >= 0.3 is 6.03 Å². The number of aromatic nitrogens is 2. The average Bonchev–Trinajstić information content (AvgIpc) is 2.91. The Balaban J connectivity index is 1.83. The van der Waals surface area contributed by atoms with Gasteiger partial charge in [-0.05, 0) is 62.2 Å². The third kappa shape index (κ3) is 6.25. The molecule has 38 heavy (non-hydrogen) atoms. The van der Waals surface area contributed by atoms with Gasteiger partial charge in [-0.2, -0.15) is 0 Å². The SMILES string of the molecule is CCCCCCN(C(=O)Nc1cccc(Cl)c1)C(CC)c1nc2ccccc2c(=O)n1-c1ccc(C)cc1.